The van der Waals surface area contributed by atoms with Gasteiger partial charge < -0.3 is 10.4 Å². The summed E-state index contributed by atoms with van der Waals surface area (Å²) in [4.78, 5) is 13.7. The number of aliphatic imine (C=N–C) groups is 1. The summed E-state index contributed by atoms with van der Waals surface area (Å²) in [5, 5.41) is 10.6. The van der Waals surface area contributed by atoms with Gasteiger partial charge in [-0.15, -0.1) is 0 Å². The molecule has 0 spiro atoms. The third-order valence-corrected chi connectivity index (χ3v) is 5.34. The van der Waals surface area contributed by atoms with Gasteiger partial charge in [0.1, 0.15) is 17.7 Å². The normalized spacial score (nSPS) is 17.1. The number of carboxylic acids is 1. The largest absolute Gasteiger partial charge is 0.490 e. The molecule has 0 fully saturated rings. The Labute approximate surface area is 199 Å². The van der Waals surface area contributed by atoms with Crippen molar-refractivity contribution >= 4 is 11.8 Å². The molecule has 0 saturated carbocycles. The number of amidine groups is 1. The SMILES string of the molecule is Cc1ccc(CCC2=N[C@H](c3cccc(F)c3)[C@H](c3cccc(F)c3)N2)cc1.O=C(O)C(F)(F)F. The number of hydrogen-bond donors (Lipinski definition) is 2. The first-order chi connectivity index (χ1) is 16.5. The summed E-state index contributed by atoms with van der Waals surface area (Å²) < 4.78 is 59.3. The topological polar surface area (TPSA) is 61.7 Å². The molecule has 4 rings (SSSR count). The van der Waals surface area contributed by atoms with E-state index in [0.717, 1.165) is 29.8 Å². The van der Waals surface area contributed by atoms with Crippen LogP contribution in [0.15, 0.2) is 77.8 Å². The molecule has 0 radical (unpaired) electrons. The van der Waals surface area contributed by atoms with Crippen molar-refractivity contribution in [3.63, 3.8) is 0 Å². The van der Waals surface area contributed by atoms with E-state index in [2.05, 4.69) is 36.5 Å². The molecule has 0 unspecified atom stereocenters. The van der Waals surface area contributed by atoms with Gasteiger partial charge in [0, 0.05) is 6.42 Å². The lowest BCUT2D eigenvalue weighted by molar-refractivity contribution is -0.192. The van der Waals surface area contributed by atoms with Crippen molar-refractivity contribution in [2.45, 2.75) is 38.0 Å². The van der Waals surface area contributed by atoms with Gasteiger partial charge in [0.15, 0.2) is 0 Å². The molecule has 35 heavy (non-hydrogen) atoms. The van der Waals surface area contributed by atoms with E-state index in [4.69, 9.17) is 14.9 Å². The molecule has 3 aromatic carbocycles. The number of alkyl halides is 3. The van der Waals surface area contributed by atoms with Crippen LogP contribution in [-0.4, -0.2) is 23.1 Å². The Bertz CT molecular complexity index is 1190. The molecule has 0 aromatic heterocycles. The quantitative estimate of drug-likeness (QED) is 0.411. The minimum atomic E-state index is -5.08. The summed E-state index contributed by atoms with van der Waals surface area (Å²) in [6.07, 6.45) is -3.47. The van der Waals surface area contributed by atoms with Gasteiger partial charge in [0.25, 0.3) is 0 Å². The maximum absolute atomic E-state index is 13.8. The molecule has 0 bridgehead atoms. The number of aliphatic carboxylic acids is 1. The number of hydrogen-bond acceptors (Lipinski definition) is 3. The summed E-state index contributed by atoms with van der Waals surface area (Å²) in [6.45, 7) is 2.07. The smallest absolute Gasteiger partial charge is 0.475 e. The second-order valence-electron chi connectivity index (χ2n) is 8.04. The first kappa shape index (κ1) is 25.9. The fraction of sp³-hybridized carbons (Fsp3) is 0.231. The molecule has 9 heteroatoms. The van der Waals surface area contributed by atoms with E-state index in [1.165, 1.54) is 35.4 Å². The van der Waals surface area contributed by atoms with Gasteiger partial charge in [-0.2, -0.15) is 13.2 Å². The van der Waals surface area contributed by atoms with E-state index in [1.54, 1.807) is 12.1 Å². The van der Waals surface area contributed by atoms with Crippen LogP contribution in [0, 0.1) is 18.6 Å². The van der Waals surface area contributed by atoms with Crippen LogP contribution >= 0.6 is 0 Å². The van der Waals surface area contributed by atoms with Crippen LogP contribution in [0.5, 0.6) is 0 Å². The monoisotopic (exact) mass is 490 g/mol. The lowest BCUT2D eigenvalue weighted by Gasteiger charge is -2.20. The van der Waals surface area contributed by atoms with Crippen molar-refractivity contribution in [2.75, 3.05) is 0 Å². The predicted molar refractivity (Wildman–Crippen MR) is 122 cm³/mol. The highest BCUT2D eigenvalue weighted by Crippen LogP contribution is 2.37. The molecule has 1 aliphatic heterocycles. The Balaban J connectivity index is 0.000000429. The van der Waals surface area contributed by atoms with Crippen LogP contribution < -0.4 is 5.32 Å². The van der Waals surface area contributed by atoms with Crippen LogP contribution in [0.4, 0.5) is 22.0 Å². The Morgan fingerprint density at radius 1 is 0.914 bits per heavy atom. The molecule has 1 aliphatic rings. The predicted octanol–water partition coefficient (Wildman–Crippen LogP) is 6.32. The van der Waals surface area contributed by atoms with Gasteiger partial charge in [-0.3, -0.25) is 4.99 Å². The molecule has 2 N–H and O–H groups in total. The molecule has 184 valence electrons. The van der Waals surface area contributed by atoms with Crippen molar-refractivity contribution in [1.29, 1.82) is 0 Å². The number of nitrogens with zero attached hydrogens (tertiary/aromatic N) is 1. The maximum Gasteiger partial charge on any atom is 0.490 e. The van der Waals surface area contributed by atoms with Crippen molar-refractivity contribution in [2.24, 2.45) is 4.99 Å². The number of nitrogens with one attached hydrogen (secondary N) is 1. The van der Waals surface area contributed by atoms with Crippen LogP contribution in [0.1, 0.15) is 40.8 Å². The van der Waals surface area contributed by atoms with E-state index in [-0.39, 0.29) is 23.7 Å². The van der Waals surface area contributed by atoms with E-state index in [9.17, 15) is 22.0 Å². The summed E-state index contributed by atoms with van der Waals surface area (Å²) in [5.74, 6) is -2.47. The highest BCUT2D eigenvalue weighted by molar-refractivity contribution is 5.85. The Hall–Kier alpha value is -3.75. The zero-order chi connectivity index (χ0) is 25.6. The van der Waals surface area contributed by atoms with E-state index < -0.39 is 12.1 Å². The highest BCUT2D eigenvalue weighted by Gasteiger charge is 2.38. The van der Waals surface area contributed by atoms with Crippen LogP contribution in [-0.2, 0) is 11.2 Å². The van der Waals surface area contributed by atoms with Crippen molar-refractivity contribution in [3.05, 3.63) is 107 Å². The zero-order valence-corrected chi connectivity index (χ0v) is 18.7. The minimum absolute atomic E-state index is 0.217. The average molecular weight is 490 g/mol. The molecule has 3 aromatic rings. The van der Waals surface area contributed by atoms with Crippen LogP contribution in [0.25, 0.3) is 0 Å². The summed E-state index contributed by atoms with van der Waals surface area (Å²) >= 11 is 0. The van der Waals surface area contributed by atoms with Crippen molar-refractivity contribution in [3.8, 4) is 0 Å². The molecule has 0 amide bonds. The summed E-state index contributed by atoms with van der Waals surface area (Å²) in [7, 11) is 0. The summed E-state index contributed by atoms with van der Waals surface area (Å²) in [5.41, 5.74) is 4.07. The second-order valence-corrected chi connectivity index (χ2v) is 8.04. The zero-order valence-electron chi connectivity index (χ0n) is 18.7. The summed E-state index contributed by atoms with van der Waals surface area (Å²) in [6, 6.07) is 20.9. The lowest BCUT2D eigenvalue weighted by Crippen LogP contribution is -2.24. The van der Waals surface area contributed by atoms with Gasteiger partial charge in [-0.1, -0.05) is 54.1 Å². The molecule has 4 nitrogen and oxygen atoms in total. The van der Waals surface area contributed by atoms with Gasteiger partial charge in [-0.05, 0) is 54.3 Å². The Morgan fingerprint density at radius 2 is 1.46 bits per heavy atom. The van der Waals surface area contributed by atoms with Crippen LogP contribution in [0.2, 0.25) is 0 Å². The highest BCUT2D eigenvalue weighted by atomic mass is 19.4. The molecular formula is C26H23F5N2O2. The first-order valence-corrected chi connectivity index (χ1v) is 10.7. The maximum atomic E-state index is 13.8. The minimum Gasteiger partial charge on any atom is -0.475 e. The third-order valence-electron chi connectivity index (χ3n) is 5.34. The standard InChI is InChI=1S/C24H22F2N2.C2HF3O2/c1-16-8-10-17(11-9-16)12-13-22-27-23(18-4-2-6-20(25)14-18)24(28-22)19-5-3-7-21(26)15-19;3-2(4,5)1(6)7/h2-11,14-15,23-24H,12-13H2,1H3,(H,27,28);(H,6,7)/t23-,24+;. The number of carbonyl (C=O) groups is 1. The molecule has 0 aliphatic carbocycles. The van der Waals surface area contributed by atoms with Crippen LogP contribution in [0.3, 0.4) is 0 Å². The number of aryl methyl sites for hydroxylation is 2. The Morgan fingerprint density at radius 3 is 2.00 bits per heavy atom. The van der Waals surface area contributed by atoms with Gasteiger partial charge in [0.2, 0.25) is 0 Å². The second kappa shape index (κ2) is 11.1. The Kier molecular flexibility index (Phi) is 8.22. The fourth-order valence-corrected chi connectivity index (χ4v) is 3.62. The van der Waals surface area contributed by atoms with Gasteiger partial charge >= 0.3 is 12.1 Å². The molecule has 1 heterocycles. The average Bonchev–Trinajstić information content (AvgIpc) is 3.23. The fourth-order valence-electron chi connectivity index (χ4n) is 3.62. The third kappa shape index (κ3) is 7.37. The number of halogens is 5. The molecular weight excluding hydrogens is 467 g/mol. The number of carboxylic acid groups (broad SMARTS) is 1. The van der Waals surface area contributed by atoms with Crippen molar-refractivity contribution < 1.29 is 31.9 Å². The van der Waals surface area contributed by atoms with E-state index >= 15 is 0 Å². The first-order valence-electron chi connectivity index (χ1n) is 10.7. The van der Waals surface area contributed by atoms with Gasteiger partial charge in [0.05, 0.1) is 11.9 Å². The lowest BCUT2D eigenvalue weighted by atomic mass is 9.95. The van der Waals surface area contributed by atoms with E-state index in [1.807, 2.05) is 12.1 Å². The number of rotatable bonds is 5. The van der Waals surface area contributed by atoms with Crippen molar-refractivity contribution in [1.82, 2.24) is 5.32 Å². The van der Waals surface area contributed by atoms with Gasteiger partial charge in [-0.25, -0.2) is 13.6 Å². The van der Waals surface area contributed by atoms with E-state index in [0.29, 0.717) is 0 Å². The number of benzene rings is 3. The molecule has 2 atom stereocenters. The molecule has 0 saturated heterocycles.